The highest BCUT2D eigenvalue weighted by atomic mass is 16.4. The van der Waals surface area contributed by atoms with Crippen LogP contribution in [0.2, 0.25) is 0 Å². The van der Waals surface area contributed by atoms with Gasteiger partial charge in [-0.3, -0.25) is 0 Å². The van der Waals surface area contributed by atoms with E-state index in [2.05, 4.69) is 20.1 Å². The van der Waals surface area contributed by atoms with Crippen LogP contribution in [0.1, 0.15) is 11.1 Å². The van der Waals surface area contributed by atoms with Crippen molar-refractivity contribution >= 4 is 25.2 Å². The lowest BCUT2D eigenvalue weighted by molar-refractivity contribution is 0.422. The second kappa shape index (κ2) is 7.41. The van der Waals surface area contributed by atoms with Crippen LogP contribution in [0, 0.1) is 0 Å². The molecule has 0 bridgehead atoms. The van der Waals surface area contributed by atoms with Gasteiger partial charge in [-0.05, 0) is 33.1 Å². The minimum absolute atomic E-state index is 0.0324. The van der Waals surface area contributed by atoms with Gasteiger partial charge in [-0.1, -0.05) is 22.4 Å². The molecule has 102 valence electrons. The standard InChI is InChI=1S/C8H10B2N6O4/c11-15-13-3-5-1-7(9(17)18)6(4-14-16-12)2-8(5)10(19)20/h1-2,17-20H,3-4H2. The molecule has 0 saturated carbocycles. The van der Waals surface area contributed by atoms with Crippen molar-refractivity contribution in [2.45, 2.75) is 13.1 Å². The zero-order valence-corrected chi connectivity index (χ0v) is 10.2. The normalized spacial score (nSPS) is 9.40. The molecular formula is C8H10B2N6O4. The molecular weight excluding hydrogens is 266 g/mol. The molecule has 0 aliphatic heterocycles. The number of hydrogen-bond acceptors (Lipinski definition) is 6. The molecule has 12 heteroatoms. The summed E-state index contributed by atoms with van der Waals surface area (Å²) in [5, 5.41) is 43.7. The van der Waals surface area contributed by atoms with E-state index in [-0.39, 0.29) is 35.1 Å². The van der Waals surface area contributed by atoms with Crippen molar-refractivity contribution in [2.24, 2.45) is 10.2 Å². The SMILES string of the molecule is [N-]=[N+]=NCc1cc(B(O)O)c(CN=[N+]=[N-])cc1B(O)O. The lowest BCUT2D eigenvalue weighted by Gasteiger charge is -2.14. The summed E-state index contributed by atoms with van der Waals surface area (Å²) in [4.78, 5) is 5.10. The fourth-order valence-corrected chi connectivity index (χ4v) is 1.70. The predicted molar refractivity (Wildman–Crippen MR) is 71.8 cm³/mol. The third-order valence-electron chi connectivity index (χ3n) is 2.57. The van der Waals surface area contributed by atoms with Gasteiger partial charge in [0.15, 0.2) is 0 Å². The molecule has 0 atom stereocenters. The summed E-state index contributed by atoms with van der Waals surface area (Å²) in [7, 11) is -3.68. The van der Waals surface area contributed by atoms with E-state index in [1.807, 2.05) is 0 Å². The smallest absolute Gasteiger partial charge is 0.423 e. The fourth-order valence-electron chi connectivity index (χ4n) is 1.70. The van der Waals surface area contributed by atoms with Crippen LogP contribution in [0.15, 0.2) is 22.4 Å². The number of nitrogens with zero attached hydrogens (tertiary/aromatic N) is 6. The van der Waals surface area contributed by atoms with Crippen LogP contribution >= 0.6 is 0 Å². The molecule has 10 nitrogen and oxygen atoms in total. The van der Waals surface area contributed by atoms with Crippen LogP contribution in [-0.4, -0.2) is 34.3 Å². The lowest BCUT2D eigenvalue weighted by atomic mass is 9.69. The molecule has 0 spiro atoms. The summed E-state index contributed by atoms with van der Waals surface area (Å²) < 4.78 is 0. The first kappa shape index (κ1) is 15.9. The van der Waals surface area contributed by atoms with Crippen molar-refractivity contribution in [3.63, 3.8) is 0 Å². The Morgan fingerprint density at radius 2 is 1.20 bits per heavy atom. The first-order chi connectivity index (χ1) is 9.51. The van der Waals surface area contributed by atoms with E-state index in [1.54, 1.807) is 0 Å². The Kier molecular flexibility index (Phi) is 5.88. The van der Waals surface area contributed by atoms with Gasteiger partial charge in [0.25, 0.3) is 0 Å². The Bertz CT molecular complexity index is 531. The minimum atomic E-state index is -1.84. The van der Waals surface area contributed by atoms with Crippen LogP contribution in [-0.2, 0) is 13.1 Å². The highest BCUT2D eigenvalue weighted by molar-refractivity contribution is 6.61. The second-order valence-corrected chi connectivity index (χ2v) is 3.78. The van der Waals surface area contributed by atoms with Gasteiger partial charge in [-0.2, -0.15) is 0 Å². The van der Waals surface area contributed by atoms with Crippen molar-refractivity contribution in [2.75, 3.05) is 0 Å². The van der Waals surface area contributed by atoms with Crippen LogP contribution in [0.5, 0.6) is 0 Å². The zero-order valence-electron chi connectivity index (χ0n) is 10.2. The molecule has 0 radical (unpaired) electrons. The van der Waals surface area contributed by atoms with E-state index >= 15 is 0 Å². The maximum absolute atomic E-state index is 9.28. The molecule has 0 fully saturated rings. The summed E-state index contributed by atoms with van der Waals surface area (Å²) in [6.45, 7) is -0.379. The molecule has 0 aliphatic rings. The lowest BCUT2D eigenvalue weighted by Crippen LogP contribution is -2.40. The van der Waals surface area contributed by atoms with Crippen LogP contribution in [0.25, 0.3) is 20.9 Å². The van der Waals surface area contributed by atoms with Gasteiger partial charge in [0.1, 0.15) is 0 Å². The van der Waals surface area contributed by atoms with Crippen molar-refractivity contribution in [1.82, 2.24) is 0 Å². The van der Waals surface area contributed by atoms with Crippen molar-refractivity contribution in [3.8, 4) is 0 Å². The predicted octanol–water partition coefficient (Wildman–Crippen LogP) is -1.33. The Morgan fingerprint density at radius 3 is 1.45 bits per heavy atom. The summed E-state index contributed by atoms with van der Waals surface area (Å²) in [5.41, 5.74) is 17.1. The van der Waals surface area contributed by atoms with Crippen LogP contribution in [0.4, 0.5) is 0 Å². The first-order valence-electron chi connectivity index (χ1n) is 5.40. The van der Waals surface area contributed by atoms with E-state index in [9.17, 15) is 20.1 Å². The molecule has 0 amide bonds. The number of hydrogen-bond donors (Lipinski definition) is 4. The molecule has 0 saturated heterocycles. The minimum Gasteiger partial charge on any atom is -0.423 e. The number of rotatable bonds is 6. The Balaban J connectivity index is 3.41. The van der Waals surface area contributed by atoms with Gasteiger partial charge >= 0.3 is 14.2 Å². The number of benzene rings is 1. The average Bonchev–Trinajstić information content (AvgIpc) is 2.42. The van der Waals surface area contributed by atoms with Gasteiger partial charge in [-0.15, -0.1) is 0 Å². The molecule has 1 aromatic rings. The monoisotopic (exact) mass is 276 g/mol. The molecule has 20 heavy (non-hydrogen) atoms. The van der Waals surface area contributed by atoms with Crippen molar-refractivity contribution < 1.29 is 20.1 Å². The second-order valence-electron chi connectivity index (χ2n) is 3.78. The molecule has 1 rings (SSSR count). The van der Waals surface area contributed by atoms with Gasteiger partial charge in [0, 0.05) is 9.82 Å². The highest BCUT2D eigenvalue weighted by Crippen LogP contribution is 2.05. The molecule has 0 aromatic heterocycles. The van der Waals surface area contributed by atoms with Gasteiger partial charge in [-0.25, -0.2) is 0 Å². The quantitative estimate of drug-likeness (QED) is 0.217. The third-order valence-corrected chi connectivity index (χ3v) is 2.57. The maximum Gasteiger partial charge on any atom is 0.488 e. The molecule has 0 aliphatic carbocycles. The van der Waals surface area contributed by atoms with Gasteiger partial charge in [0.05, 0.1) is 13.1 Å². The zero-order chi connectivity index (χ0) is 15.1. The summed E-state index contributed by atoms with van der Waals surface area (Å²) in [5.74, 6) is 0. The van der Waals surface area contributed by atoms with Crippen LogP contribution in [0.3, 0.4) is 0 Å². The molecule has 1 aromatic carbocycles. The Hall–Kier alpha value is -2.19. The summed E-state index contributed by atoms with van der Waals surface area (Å²) in [6, 6.07) is 2.52. The van der Waals surface area contributed by atoms with E-state index in [1.165, 1.54) is 12.1 Å². The summed E-state index contributed by atoms with van der Waals surface area (Å²) in [6.07, 6.45) is 0. The van der Waals surface area contributed by atoms with E-state index < -0.39 is 14.2 Å². The fraction of sp³-hybridized carbons (Fsp3) is 0.250. The van der Waals surface area contributed by atoms with Crippen molar-refractivity contribution in [3.05, 3.63) is 44.1 Å². The van der Waals surface area contributed by atoms with E-state index in [0.717, 1.165) is 0 Å². The number of azide groups is 2. The Morgan fingerprint density at radius 1 is 0.850 bits per heavy atom. The highest BCUT2D eigenvalue weighted by Gasteiger charge is 2.22. The van der Waals surface area contributed by atoms with Crippen molar-refractivity contribution in [1.29, 1.82) is 0 Å². The average molecular weight is 276 g/mol. The molecule has 4 N–H and O–H groups in total. The van der Waals surface area contributed by atoms with Gasteiger partial charge < -0.3 is 20.1 Å². The van der Waals surface area contributed by atoms with E-state index in [0.29, 0.717) is 0 Å². The largest absolute Gasteiger partial charge is 0.488 e. The topological polar surface area (TPSA) is 178 Å². The third kappa shape index (κ3) is 3.90. The first-order valence-corrected chi connectivity index (χ1v) is 5.40. The Labute approximate surface area is 113 Å². The van der Waals surface area contributed by atoms with Crippen LogP contribution < -0.4 is 10.9 Å². The molecule has 0 heterocycles. The van der Waals surface area contributed by atoms with E-state index in [4.69, 9.17) is 11.1 Å². The summed E-state index contributed by atoms with van der Waals surface area (Å²) >= 11 is 0. The maximum atomic E-state index is 9.28. The molecule has 0 unspecified atom stereocenters. The van der Waals surface area contributed by atoms with Gasteiger partial charge in [0.2, 0.25) is 0 Å².